The first kappa shape index (κ1) is 22.6. The molecule has 170 valence electrons. The van der Waals surface area contributed by atoms with Crippen LogP contribution in [0.1, 0.15) is 49.1 Å². The van der Waals surface area contributed by atoms with Crippen molar-refractivity contribution in [3.05, 3.63) is 101 Å². The van der Waals surface area contributed by atoms with Crippen molar-refractivity contribution < 1.29 is 28.7 Å². The minimum Gasteiger partial charge on any atom is -0.454 e. The number of hydrogen-bond acceptors (Lipinski definition) is 6. The van der Waals surface area contributed by atoms with Crippen molar-refractivity contribution in [1.82, 2.24) is 5.32 Å². The van der Waals surface area contributed by atoms with Gasteiger partial charge < -0.3 is 15.4 Å². The van der Waals surface area contributed by atoms with E-state index in [1.54, 1.807) is 54.6 Å². The number of nitrogens with one attached hydrogen (secondary N) is 2. The number of esters is 1. The van der Waals surface area contributed by atoms with E-state index in [1.165, 1.54) is 25.1 Å². The quantitative estimate of drug-likeness (QED) is 0.431. The molecule has 1 aliphatic carbocycles. The fourth-order valence-electron chi connectivity index (χ4n) is 3.56. The maximum absolute atomic E-state index is 12.8. The molecule has 0 spiro atoms. The summed E-state index contributed by atoms with van der Waals surface area (Å²) in [7, 11) is 0. The summed E-state index contributed by atoms with van der Waals surface area (Å²) in [5.74, 6) is -2.42. The molecule has 0 bridgehead atoms. The molecule has 8 nitrogen and oxygen atoms in total. The number of benzene rings is 3. The van der Waals surface area contributed by atoms with Crippen molar-refractivity contribution in [2.75, 3.05) is 11.9 Å². The largest absolute Gasteiger partial charge is 0.454 e. The molecule has 0 aliphatic heterocycles. The van der Waals surface area contributed by atoms with Gasteiger partial charge in [0.15, 0.2) is 18.2 Å². The van der Waals surface area contributed by atoms with E-state index in [0.717, 1.165) is 0 Å². The maximum atomic E-state index is 12.8. The van der Waals surface area contributed by atoms with Crippen LogP contribution in [0.25, 0.3) is 0 Å². The first-order valence-corrected chi connectivity index (χ1v) is 10.5. The Morgan fingerprint density at radius 1 is 0.794 bits per heavy atom. The molecule has 2 N–H and O–H groups in total. The standard InChI is InChI=1S/C26H20N2O6/c1-15(27-25(32)16-7-3-2-4-8-16)26(33)34-14-22(29)28-17-11-12-20-21(13-17)24(31)19-10-6-5-9-18(19)23(20)30/h2-13,15H,14H2,1H3,(H,27,32)(H,28,29)/t15-/m0/s1. The Labute approximate surface area is 194 Å². The molecule has 0 heterocycles. The summed E-state index contributed by atoms with van der Waals surface area (Å²) in [5.41, 5.74) is 1.78. The second kappa shape index (κ2) is 9.50. The zero-order chi connectivity index (χ0) is 24.2. The summed E-state index contributed by atoms with van der Waals surface area (Å²) in [6.45, 7) is 0.863. The van der Waals surface area contributed by atoms with Crippen LogP contribution in [0.2, 0.25) is 0 Å². The van der Waals surface area contributed by atoms with Crippen LogP contribution in [-0.4, -0.2) is 42.0 Å². The van der Waals surface area contributed by atoms with E-state index in [2.05, 4.69) is 10.6 Å². The molecule has 4 rings (SSSR count). The lowest BCUT2D eigenvalue weighted by Gasteiger charge is -2.18. The molecule has 2 amide bonds. The van der Waals surface area contributed by atoms with E-state index in [0.29, 0.717) is 16.7 Å². The number of carbonyl (C=O) groups excluding carboxylic acids is 5. The summed E-state index contributed by atoms with van der Waals surface area (Å²) in [5, 5.41) is 5.05. The molecule has 0 unspecified atom stereocenters. The fourth-order valence-corrected chi connectivity index (χ4v) is 3.56. The van der Waals surface area contributed by atoms with Crippen molar-refractivity contribution in [1.29, 1.82) is 0 Å². The highest BCUT2D eigenvalue weighted by Crippen LogP contribution is 2.29. The monoisotopic (exact) mass is 456 g/mol. The molecule has 0 aromatic heterocycles. The zero-order valence-electron chi connectivity index (χ0n) is 18.2. The van der Waals surface area contributed by atoms with Crippen molar-refractivity contribution in [3.63, 3.8) is 0 Å². The van der Waals surface area contributed by atoms with Gasteiger partial charge in [0, 0.05) is 33.5 Å². The fraction of sp³-hybridized carbons (Fsp3) is 0.115. The number of rotatable bonds is 6. The lowest BCUT2D eigenvalue weighted by molar-refractivity contribution is -0.148. The third-order valence-corrected chi connectivity index (χ3v) is 5.29. The normalized spacial score (nSPS) is 12.7. The van der Waals surface area contributed by atoms with Gasteiger partial charge >= 0.3 is 5.97 Å². The Kier molecular flexibility index (Phi) is 6.31. The summed E-state index contributed by atoms with van der Waals surface area (Å²) in [6.07, 6.45) is 0. The SMILES string of the molecule is C[C@H](NC(=O)c1ccccc1)C(=O)OCC(=O)Nc1ccc2c(c1)C(=O)c1ccccc1C2=O. The molecule has 8 heteroatoms. The first-order valence-electron chi connectivity index (χ1n) is 10.5. The van der Waals surface area contributed by atoms with Gasteiger partial charge in [-0.2, -0.15) is 0 Å². The van der Waals surface area contributed by atoms with Gasteiger partial charge in [0.05, 0.1) is 0 Å². The smallest absolute Gasteiger partial charge is 0.328 e. The van der Waals surface area contributed by atoms with Crippen LogP contribution in [0.3, 0.4) is 0 Å². The summed E-state index contributed by atoms with van der Waals surface area (Å²) in [6, 6.07) is 18.4. The van der Waals surface area contributed by atoms with Crippen LogP contribution in [0, 0.1) is 0 Å². The molecule has 1 atom stereocenters. The van der Waals surface area contributed by atoms with Gasteiger partial charge in [0.2, 0.25) is 0 Å². The third-order valence-electron chi connectivity index (χ3n) is 5.29. The van der Waals surface area contributed by atoms with Gasteiger partial charge in [-0.15, -0.1) is 0 Å². The lowest BCUT2D eigenvalue weighted by atomic mass is 9.84. The van der Waals surface area contributed by atoms with Crippen molar-refractivity contribution in [3.8, 4) is 0 Å². The highest BCUT2D eigenvalue weighted by Gasteiger charge is 2.29. The number of fused-ring (bicyclic) bond motifs is 2. The number of anilines is 1. The van der Waals surface area contributed by atoms with Gasteiger partial charge in [0.25, 0.3) is 11.8 Å². The Morgan fingerprint density at radius 2 is 1.38 bits per heavy atom. The second-order valence-electron chi connectivity index (χ2n) is 7.68. The summed E-state index contributed by atoms with van der Waals surface area (Å²) >= 11 is 0. The molecule has 3 aromatic carbocycles. The number of carbonyl (C=O) groups is 5. The topological polar surface area (TPSA) is 119 Å². The average molecular weight is 456 g/mol. The van der Waals surface area contributed by atoms with Crippen LogP contribution in [0.15, 0.2) is 72.8 Å². The van der Waals surface area contributed by atoms with Crippen molar-refractivity contribution in [2.24, 2.45) is 0 Å². The molecule has 0 fully saturated rings. The van der Waals surface area contributed by atoms with E-state index in [-0.39, 0.29) is 28.4 Å². The van der Waals surface area contributed by atoms with Gasteiger partial charge in [0.1, 0.15) is 6.04 Å². The van der Waals surface area contributed by atoms with E-state index in [4.69, 9.17) is 4.74 Å². The lowest BCUT2D eigenvalue weighted by Crippen LogP contribution is -2.40. The molecule has 1 aliphatic rings. The first-order chi connectivity index (χ1) is 16.3. The molecule has 34 heavy (non-hydrogen) atoms. The Morgan fingerprint density at radius 3 is 2.06 bits per heavy atom. The highest BCUT2D eigenvalue weighted by atomic mass is 16.5. The highest BCUT2D eigenvalue weighted by molar-refractivity contribution is 6.28. The van der Waals surface area contributed by atoms with Crippen molar-refractivity contribution in [2.45, 2.75) is 13.0 Å². The van der Waals surface area contributed by atoms with E-state index < -0.39 is 30.4 Å². The predicted octanol–water partition coefficient (Wildman–Crippen LogP) is 2.76. The predicted molar refractivity (Wildman–Crippen MR) is 123 cm³/mol. The Balaban J connectivity index is 1.35. The van der Waals surface area contributed by atoms with E-state index in [1.807, 2.05) is 0 Å². The number of amides is 2. The zero-order valence-corrected chi connectivity index (χ0v) is 18.2. The molecule has 0 radical (unpaired) electrons. The Bertz CT molecular complexity index is 1320. The number of hydrogen-bond donors (Lipinski definition) is 2. The van der Waals surface area contributed by atoms with Gasteiger partial charge in [-0.3, -0.25) is 19.2 Å². The van der Waals surface area contributed by atoms with Crippen LogP contribution in [-0.2, 0) is 14.3 Å². The number of ketones is 2. The Hall–Kier alpha value is -4.59. The van der Waals surface area contributed by atoms with Crippen LogP contribution in [0.5, 0.6) is 0 Å². The van der Waals surface area contributed by atoms with E-state index in [9.17, 15) is 24.0 Å². The molecular formula is C26H20N2O6. The van der Waals surface area contributed by atoms with Gasteiger partial charge in [-0.1, -0.05) is 42.5 Å². The minimum absolute atomic E-state index is 0.191. The van der Waals surface area contributed by atoms with Crippen LogP contribution < -0.4 is 10.6 Å². The molecule has 3 aromatic rings. The molecule has 0 saturated carbocycles. The van der Waals surface area contributed by atoms with Gasteiger partial charge in [-0.25, -0.2) is 4.79 Å². The van der Waals surface area contributed by atoms with E-state index >= 15 is 0 Å². The average Bonchev–Trinajstić information content (AvgIpc) is 2.86. The van der Waals surface area contributed by atoms with Crippen LogP contribution >= 0.6 is 0 Å². The molecule has 0 saturated heterocycles. The summed E-state index contributed by atoms with van der Waals surface area (Å²) in [4.78, 5) is 62.0. The van der Waals surface area contributed by atoms with Crippen molar-refractivity contribution >= 4 is 35.0 Å². The number of ether oxygens (including phenoxy) is 1. The maximum Gasteiger partial charge on any atom is 0.328 e. The molecular weight excluding hydrogens is 436 g/mol. The van der Waals surface area contributed by atoms with Crippen LogP contribution in [0.4, 0.5) is 5.69 Å². The minimum atomic E-state index is -0.965. The second-order valence-corrected chi connectivity index (χ2v) is 7.68. The third kappa shape index (κ3) is 4.61. The van der Waals surface area contributed by atoms with Gasteiger partial charge in [-0.05, 0) is 37.3 Å². The summed E-state index contributed by atoms with van der Waals surface area (Å²) < 4.78 is 4.99.